The summed E-state index contributed by atoms with van der Waals surface area (Å²) in [4.78, 5) is 23.0. The van der Waals surface area contributed by atoms with Crippen LogP contribution < -0.4 is 5.32 Å². The van der Waals surface area contributed by atoms with Crippen LogP contribution in [0.5, 0.6) is 0 Å². The molecule has 1 fully saturated rings. The Labute approximate surface area is 116 Å². The van der Waals surface area contributed by atoms with E-state index in [0.29, 0.717) is 24.3 Å². The number of rotatable bonds is 5. The molecule has 1 aromatic carbocycles. The molecule has 19 heavy (non-hydrogen) atoms. The summed E-state index contributed by atoms with van der Waals surface area (Å²) in [6, 6.07) is 7.33. The van der Waals surface area contributed by atoms with Crippen molar-refractivity contribution in [3.05, 3.63) is 34.9 Å². The number of hydrogen-bond donors (Lipinski definition) is 2. The molecule has 1 aliphatic carbocycles. The molecule has 0 radical (unpaired) electrons. The number of carbonyl (C=O) groups excluding carboxylic acids is 1. The van der Waals surface area contributed by atoms with Crippen LogP contribution in [0.2, 0.25) is 5.02 Å². The molecule has 1 aliphatic rings. The minimum absolute atomic E-state index is 0.222. The Bertz CT molecular complexity index is 511. The lowest BCUT2D eigenvalue weighted by Crippen LogP contribution is -2.45. The highest BCUT2D eigenvalue weighted by Gasteiger charge is 2.51. The zero-order valence-electron chi connectivity index (χ0n) is 10.6. The summed E-state index contributed by atoms with van der Waals surface area (Å²) in [6.45, 7) is 1.79. The van der Waals surface area contributed by atoms with Gasteiger partial charge in [-0.05, 0) is 37.0 Å². The van der Waals surface area contributed by atoms with E-state index in [1.807, 2.05) is 18.2 Å². The Morgan fingerprint density at radius 3 is 2.68 bits per heavy atom. The van der Waals surface area contributed by atoms with E-state index < -0.39 is 11.5 Å². The van der Waals surface area contributed by atoms with Crippen LogP contribution in [-0.4, -0.2) is 22.5 Å². The van der Waals surface area contributed by atoms with Gasteiger partial charge in [0, 0.05) is 10.9 Å². The number of hydrogen-bond acceptors (Lipinski definition) is 2. The first-order valence-corrected chi connectivity index (χ1v) is 6.61. The van der Waals surface area contributed by atoms with Gasteiger partial charge >= 0.3 is 5.97 Å². The maximum absolute atomic E-state index is 12.0. The number of carboxylic acid groups (broad SMARTS) is 1. The molecule has 0 heterocycles. The quantitative estimate of drug-likeness (QED) is 0.870. The van der Waals surface area contributed by atoms with Crippen LogP contribution in [0.4, 0.5) is 0 Å². The van der Waals surface area contributed by atoms with Crippen LogP contribution in [0, 0.1) is 5.92 Å². The molecular weight excluding hydrogens is 266 g/mol. The van der Waals surface area contributed by atoms with Gasteiger partial charge < -0.3 is 10.4 Å². The number of aliphatic carboxylic acids is 1. The van der Waals surface area contributed by atoms with Gasteiger partial charge in [-0.25, -0.2) is 4.79 Å². The predicted octanol–water partition coefficient (Wildman–Crippen LogP) is 2.25. The van der Waals surface area contributed by atoms with E-state index >= 15 is 0 Å². The molecule has 0 aliphatic heterocycles. The molecule has 4 nitrogen and oxygen atoms in total. The van der Waals surface area contributed by atoms with Gasteiger partial charge in [0.1, 0.15) is 5.54 Å². The van der Waals surface area contributed by atoms with Crippen molar-refractivity contribution in [1.82, 2.24) is 5.32 Å². The molecule has 1 unspecified atom stereocenters. The lowest BCUT2D eigenvalue weighted by Gasteiger charge is -2.17. The molecule has 5 heteroatoms. The molecule has 0 saturated heterocycles. The number of carboxylic acids is 1. The standard InChI is InChI=1S/C14H16ClNO3/c1-9(7-10-3-2-4-11(15)8-10)12(17)16-14(5-6-14)13(18)19/h2-4,8-9H,5-7H2,1H3,(H,16,17)(H,18,19). The van der Waals surface area contributed by atoms with Crippen molar-refractivity contribution in [3.8, 4) is 0 Å². The van der Waals surface area contributed by atoms with Crippen LogP contribution in [0.1, 0.15) is 25.3 Å². The molecule has 102 valence electrons. The smallest absolute Gasteiger partial charge is 0.329 e. The molecule has 1 atom stereocenters. The molecule has 1 aromatic rings. The van der Waals surface area contributed by atoms with Gasteiger partial charge in [-0.2, -0.15) is 0 Å². The summed E-state index contributed by atoms with van der Waals surface area (Å²) in [5.74, 6) is -1.45. The minimum Gasteiger partial charge on any atom is -0.480 e. The number of amides is 1. The van der Waals surface area contributed by atoms with Crippen molar-refractivity contribution in [2.45, 2.75) is 31.7 Å². The van der Waals surface area contributed by atoms with E-state index in [2.05, 4.69) is 5.32 Å². The average molecular weight is 282 g/mol. The first-order valence-electron chi connectivity index (χ1n) is 6.23. The zero-order chi connectivity index (χ0) is 14.0. The van der Waals surface area contributed by atoms with Gasteiger partial charge in [-0.1, -0.05) is 30.7 Å². The number of nitrogens with one attached hydrogen (secondary N) is 1. The largest absolute Gasteiger partial charge is 0.480 e. The fraction of sp³-hybridized carbons (Fsp3) is 0.429. The predicted molar refractivity (Wildman–Crippen MR) is 72.1 cm³/mol. The third-order valence-corrected chi connectivity index (χ3v) is 3.64. The van der Waals surface area contributed by atoms with Crippen LogP contribution in [0.3, 0.4) is 0 Å². The van der Waals surface area contributed by atoms with Gasteiger partial charge in [0.15, 0.2) is 0 Å². The Morgan fingerprint density at radius 1 is 1.47 bits per heavy atom. The van der Waals surface area contributed by atoms with Crippen molar-refractivity contribution in [3.63, 3.8) is 0 Å². The highest BCUT2D eigenvalue weighted by molar-refractivity contribution is 6.30. The third kappa shape index (κ3) is 3.26. The van der Waals surface area contributed by atoms with Crippen molar-refractivity contribution in [2.75, 3.05) is 0 Å². The summed E-state index contributed by atoms with van der Waals surface area (Å²) < 4.78 is 0. The lowest BCUT2D eigenvalue weighted by atomic mass is 10.00. The first-order chi connectivity index (χ1) is 8.93. The van der Waals surface area contributed by atoms with Crippen molar-refractivity contribution in [2.24, 2.45) is 5.92 Å². The third-order valence-electron chi connectivity index (χ3n) is 3.40. The average Bonchev–Trinajstić information content (AvgIpc) is 3.10. The van der Waals surface area contributed by atoms with Gasteiger partial charge in [0.25, 0.3) is 0 Å². The summed E-state index contributed by atoms with van der Waals surface area (Å²) in [7, 11) is 0. The summed E-state index contributed by atoms with van der Waals surface area (Å²) in [5.41, 5.74) is -0.0463. The van der Waals surface area contributed by atoms with Gasteiger partial charge in [0.05, 0.1) is 0 Å². The van der Waals surface area contributed by atoms with Crippen LogP contribution in [0.15, 0.2) is 24.3 Å². The number of carbonyl (C=O) groups is 2. The topological polar surface area (TPSA) is 66.4 Å². The van der Waals surface area contributed by atoms with Crippen LogP contribution >= 0.6 is 11.6 Å². The fourth-order valence-corrected chi connectivity index (χ4v) is 2.20. The summed E-state index contributed by atoms with van der Waals surface area (Å²) in [5, 5.41) is 12.3. The molecule has 0 bridgehead atoms. The highest BCUT2D eigenvalue weighted by atomic mass is 35.5. The van der Waals surface area contributed by atoms with E-state index in [-0.39, 0.29) is 11.8 Å². The van der Waals surface area contributed by atoms with Crippen molar-refractivity contribution >= 4 is 23.5 Å². The molecule has 0 spiro atoms. The number of halogens is 1. The zero-order valence-corrected chi connectivity index (χ0v) is 11.4. The van der Waals surface area contributed by atoms with Gasteiger partial charge in [-0.15, -0.1) is 0 Å². The van der Waals surface area contributed by atoms with Crippen LogP contribution in [0.25, 0.3) is 0 Å². The molecule has 2 rings (SSSR count). The minimum atomic E-state index is -1.01. The number of benzene rings is 1. The van der Waals surface area contributed by atoms with E-state index in [1.165, 1.54) is 0 Å². The molecule has 1 saturated carbocycles. The Kier molecular flexibility index (Phi) is 3.80. The Morgan fingerprint density at radius 2 is 2.16 bits per heavy atom. The Balaban J connectivity index is 1.95. The molecule has 1 amide bonds. The summed E-state index contributed by atoms with van der Waals surface area (Å²) >= 11 is 5.89. The lowest BCUT2D eigenvalue weighted by molar-refractivity contribution is -0.143. The maximum Gasteiger partial charge on any atom is 0.329 e. The normalized spacial score (nSPS) is 17.6. The second-order valence-corrected chi connectivity index (χ2v) is 5.55. The van der Waals surface area contributed by atoms with E-state index in [9.17, 15) is 9.59 Å². The first kappa shape index (κ1) is 13.9. The van der Waals surface area contributed by atoms with Crippen LogP contribution in [-0.2, 0) is 16.0 Å². The molecule has 2 N–H and O–H groups in total. The van der Waals surface area contributed by atoms with E-state index in [1.54, 1.807) is 13.0 Å². The van der Waals surface area contributed by atoms with Crippen molar-refractivity contribution < 1.29 is 14.7 Å². The molecule has 0 aromatic heterocycles. The monoisotopic (exact) mass is 281 g/mol. The van der Waals surface area contributed by atoms with E-state index in [0.717, 1.165) is 5.56 Å². The van der Waals surface area contributed by atoms with Gasteiger partial charge in [0.2, 0.25) is 5.91 Å². The molecular formula is C14H16ClNO3. The summed E-state index contributed by atoms with van der Waals surface area (Å²) in [6.07, 6.45) is 1.57. The fourth-order valence-electron chi connectivity index (χ4n) is 1.99. The maximum atomic E-state index is 12.0. The second-order valence-electron chi connectivity index (χ2n) is 5.11. The Hall–Kier alpha value is -1.55. The van der Waals surface area contributed by atoms with Crippen molar-refractivity contribution in [1.29, 1.82) is 0 Å². The van der Waals surface area contributed by atoms with Gasteiger partial charge in [-0.3, -0.25) is 4.79 Å². The van der Waals surface area contributed by atoms with E-state index in [4.69, 9.17) is 16.7 Å². The highest BCUT2D eigenvalue weighted by Crippen LogP contribution is 2.35. The second kappa shape index (κ2) is 5.21. The SMILES string of the molecule is CC(Cc1cccc(Cl)c1)C(=O)NC1(C(=O)O)CC1.